The smallest absolute Gasteiger partial charge is 0.407 e. The normalized spacial score (nSPS) is 21.5. The molecule has 2 atom stereocenters. The van der Waals surface area contributed by atoms with Gasteiger partial charge in [0.1, 0.15) is 5.60 Å². The lowest BCUT2D eigenvalue weighted by atomic mass is 9.96. The van der Waals surface area contributed by atoms with Crippen LogP contribution in [0.4, 0.5) is 4.79 Å². The zero-order valence-electron chi connectivity index (χ0n) is 11.9. The van der Waals surface area contributed by atoms with Crippen LogP contribution in [0, 0.1) is 0 Å². The van der Waals surface area contributed by atoms with E-state index in [1.54, 1.807) is 20.8 Å². The molecule has 3 N–H and O–H groups in total. The van der Waals surface area contributed by atoms with Crippen LogP contribution in [0.3, 0.4) is 0 Å². The number of carboxylic acid groups (broad SMARTS) is 1. The van der Waals surface area contributed by atoms with E-state index >= 15 is 0 Å². The Morgan fingerprint density at radius 3 is 2.58 bits per heavy atom. The SMILES string of the molecule is CC(C)(C)OC(=O)NC(CC(=O)O)C1CCCCN1. The van der Waals surface area contributed by atoms with Crippen molar-refractivity contribution in [3.05, 3.63) is 0 Å². The number of piperidine rings is 1. The minimum Gasteiger partial charge on any atom is -0.481 e. The van der Waals surface area contributed by atoms with Crippen molar-refractivity contribution in [3.63, 3.8) is 0 Å². The Labute approximate surface area is 113 Å². The maximum Gasteiger partial charge on any atom is 0.407 e. The van der Waals surface area contributed by atoms with E-state index in [0.717, 1.165) is 25.8 Å². The molecule has 0 aromatic rings. The monoisotopic (exact) mass is 272 g/mol. The van der Waals surface area contributed by atoms with Gasteiger partial charge in [0.05, 0.1) is 12.5 Å². The van der Waals surface area contributed by atoms with Crippen molar-refractivity contribution < 1.29 is 19.4 Å². The number of carbonyl (C=O) groups excluding carboxylic acids is 1. The fraction of sp³-hybridized carbons (Fsp3) is 0.846. The Morgan fingerprint density at radius 2 is 2.11 bits per heavy atom. The standard InChI is InChI=1S/C13H24N2O4/c1-13(2,3)19-12(18)15-10(8-11(16)17)9-6-4-5-7-14-9/h9-10,14H,4-8H2,1-3H3,(H,15,18)(H,16,17). The number of aliphatic carboxylic acids is 1. The van der Waals surface area contributed by atoms with Crippen LogP contribution in [0.5, 0.6) is 0 Å². The van der Waals surface area contributed by atoms with Crippen molar-refractivity contribution in [1.82, 2.24) is 10.6 Å². The van der Waals surface area contributed by atoms with Crippen LogP contribution in [0.1, 0.15) is 46.5 Å². The Hall–Kier alpha value is -1.30. The lowest BCUT2D eigenvalue weighted by molar-refractivity contribution is -0.137. The third kappa shape index (κ3) is 6.42. The molecule has 1 fully saturated rings. The van der Waals surface area contributed by atoms with E-state index in [1.165, 1.54) is 0 Å². The largest absolute Gasteiger partial charge is 0.481 e. The van der Waals surface area contributed by atoms with E-state index in [0.29, 0.717) is 0 Å². The van der Waals surface area contributed by atoms with Gasteiger partial charge in [-0.2, -0.15) is 0 Å². The lowest BCUT2D eigenvalue weighted by Gasteiger charge is -2.31. The highest BCUT2D eigenvalue weighted by Crippen LogP contribution is 2.14. The summed E-state index contributed by atoms with van der Waals surface area (Å²) in [4.78, 5) is 22.6. The van der Waals surface area contributed by atoms with Crippen molar-refractivity contribution in [2.45, 2.75) is 64.1 Å². The topological polar surface area (TPSA) is 87.7 Å². The van der Waals surface area contributed by atoms with Crippen LogP contribution < -0.4 is 10.6 Å². The molecule has 2 unspecified atom stereocenters. The molecule has 0 aliphatic carbocycles. The average molecular weight is 272 g/mol. The molecular formula is C13H24N2O4. The first-order valence-electron chi connectivity index (χ1n) is 6.72. The molecule has 0 spiro atoms. The van der Waals surface area contributed by atoms with E-state index in [1.807, 2.05) is 0 Å². The van der Waals surface area contributed by atoms with E-state index in [-0.39, 0.29) is 12.5 Å². The molecule has 0 saturated carbocycles. The molecule has 6 nitrogen and oxygen atoms in total. The number of nitrogens with one attached hydrogen (secondary N) is 2. The second kappa shape index (κ2) is 6.75. The molecular weight excluding hydrogens is 248 g/mol. The van der Waals surface area contributed by atoms with Crippen molar-refractivity contribution in [3.8, 4) is 0 Å². The summed E-state index contributed by atoms with van der Waals surface area (Å²) in [6.45, 7) is 6.18. The Kier molecular flexibility index (Phi) is 5.60. The Balaban J connectivity index is 2.58. The minimum absolute atomic E-state index is 0.00244. The molecule has 0 bridgehead atoms. The summed E-state index contributed by atoms with van der Waals surface area (Å²) in [5.74, 6) is -0.923. The maximum atomic E-state index is 11.7. The lowest BCUT2D eigenvalue weighted by Crippen LogP contribution is -2.53. The van der Waals surface area contributed by atoms with Gasteiger partial charge in [-0.15, -0.1) is 0 Å². The molecule has 1 rings (SSSR count). The first-order valence-corrected chi connectivity index (χ1v) is 6.72. The van der Waals surface area contributed by atoms with Crippen molar-refractivity contribution in [2.75, 3.05) is 6.54 Å². The molecule has 0 aromatic heterocycles. The van der Waals surface area contributed by atoms with E-state index in [2.05, 4.69) is 10.6 Å². The summed E-state index contributed by atoms with van der Waals surface area (Å²) in [5, 5.41) is 14.9. The number of amides is 1. The summed E-state index contributed by atoms with van der Waals surface area (Å²) in [6.07, 6.45) is 2.34. The highest BCUT2D eigenvalue weighted by atomic mass is 16.6. The molecule has 0 radical (unpaired) electrons. The molecule has 6 heteroatoms. The second-order valence-electron chi connectivity index (χ2n) is 5.91. The van der Waals surface area contributed by atoms with Gasteiger partial charge in [-0.05, 0) is 40.2 Å². The van der Waals surface area contributed by atoms with Crippen LogP contribution in [0.25, 0.3) is 0 Å². The maximum absolute atomic E-state index is 11.7. The molecule has 19 heavy (non-hydrogen) atoms. The van der Waals surface area contributed by atoms with Gasteiger partial charge in [-0.3, -0.25) is 4.79 Å². The third-order valence-corrected chi connectivity index (χ3v) is 2.93. The zero-order chi connectivity index (χ0) is 14.5. The summed E-state index contributed by atoms with van der Waals surface area (Å²) < 4.78 is 5.17. The molecule has 1 amide bonds. The van der Waals surface area contributed by atoms with Crippen molar-refractivity contribution in [2.24, 2.45) is 0 Å². The first kappa shape index (κ1) is 15.8. The predicted molar refractivity (Wildman–Crippen MR) is 71.1 cm³/mol. The summed E-state index contributed by atoms with van der Waals surface area (Å²) in [5.41, 5.74) is -0.585. The van der Waals surface area contributed by atoms with Gasteiger partial charge in [0.2, 0.25) is 0 Å². The van der Waals surface area contributed by atoms with Gasteiger partial charge in [0.25, 0.3) is 0 Å². The van der Waals surface area contributed by atoms with Crippen molar-refractivity contribution >= 4 is 12.1 Å². The van der Waals surface area contributed by atoms with Crippen LogP contribution in [-0.2, 0) is 9.53 Å². The van der Waals surface area contributed by atoms with Gasteiger partial charge < -0.3 is 20.5 Å². The predicted octanol–water partition coefficient (Wildman–Crippen LogP) is 1.50. The molecule has 0 aromatic carbocycles. The molecule has 1 aliphatic heterocycles. The molecule has 1 heterocycles. The van der Waals surface area contributed by atoms with Crippen LogP contribution in [0.2, 0.25) is 0 Å². The Morgan fingerprint density at radius 1 is 1.42 bits per heavy atom. The van der Waals surface area contributed by atoms with Crippen LogP contribution >= 0.6 is 0 Å². The number of rotatable bonds is 4. The van der Waals surface area contributed by atoms with Gasteiger partial charge in [-0.25, -0.2) is 4.79 Å². The van der Waals surface area contributed by atoms with Gasteiger partial charge >= 0.3 is 12.1 Å². The number of carboxylic acids is 1. The zero-order valence-corrected chi connectivity index (χ0v) is 11.9. The molecule has 1 saturated heterocycles. The molecule has 1 aliphatic rings. The van der Waals surface area contributed by atoms with Crippen LogP contribution in [0.15, 0.2) is 0 Å². The van der Waals surface area contributed by atoms with E-state index in [4.69, 9.17) is 9.84 Å². The van der Waals surface area contributed by atoms with E-state index in [9.17, 15) is 9.59 Å². The third-order valence-electron chi connectivity index (χ3n) is 2.93. The summed E-state index contributed by atoms with van der Waals surface area (Å²) >= 11 is 0. The molecule has 110 valence electrons. The number of carbonyl (C=O) groups is 2. The van der Waals surface area contributed by atoms with Gasteiger partial charge in [-0.1, -0.05) is 6.42 Å². The highest BCUT2D eigenvalue weighted by molar-refractivity contribution is 5.71. The average Bonchev–Trinajstić information content (AvgIpc) is 2.26. The minimum atomic E-state index is -0.923. The van der Waals surface area contributed by atoms with Crippen molar-refractivity contribution in [1.29, 1.82) is 0 Å². The number of alkyl carbamates (subject to hydrolysis) is 1. The first-order chi connectivity index (χ1) is 8.78. The quantitative estimate of drug-likeness (QED) is 0.722. The number of hydrogen-bond donors (Lipinski definition) is 3. The summed E-state index contributed by atoms with van der Waals surface area (Å²) in [7, 11) is 0. The summed E-state index contributed by atoms with van der Waals surface area (Å²) in [6, 6.07) is -0.440. The van der Waals surface area contributed by atoms with Crippen LogP contribution in [-0.4, -0.2) is 41.4 Å². The fourth-order valence-electron chi connectivity index (χ4n) is 2.16. The fourth-order valence-corrected chi connectivity index (χ4v) is 2.16. The number of ether oxygens (including phenoxy) is 1. The van der Waals surface area contributed by atoms with E-state index < -0.39 is 23.7 Å². The highest BCUT2D eigenvalue weighted by Gasteiger charge is 2.28. The number of hydrogen-bond acceptors (Lipinski definition) is 4. The van der Waals surface area contributed by atoms with Gasteiger partial charge in [0, 0.05) is 6.04 Å². The second-order valence-corrected chi connectivity index (χ2v) is 5.91. The van der Waals surface area contributed by atoms with Gasteiger partial charge in [0.15, 0.2) is 0 Å². The Bertz CT molecular complexity index is 319.